The third kappa shape index (κ3) is 7.09. The minimum absolute atomic E-state index is 0. The first-order chi connectivity index (χ1) is 14.2. The van der Waals surface area contributed by atoms with Gasteiger partial charge in [-0.1, -0.05) is 11.6 Å². The Hall–Kier alpha value is -1.94. The van der Waals surface area contributed by atoms with Crippen molar-refractivity contribution in [2.75, 3.05) is 44.8 Å². The molecule has 0 amide bonds. The maximum absolute atomic E-state index is 6.19. The standard InChI is InChI=1S/C21H28ClN5O2.HI/c1-3-24-21(25-10-12-29-18-5-4-9-23-14-18)26-17-8-11-27(15-17)19-13-16(22)6-7-20(19)28-2;/h4-7,9,13-14,17H,3,8,10-12,15H2,1-2H3,(H2,24,25,26);1H. The summed E-state index contributed by atoms with van der Waals surface area (Å²) in [6, 6.07) is 9.74. The molecule has 1 atom stereocenters. The van der Waals surface area contributed by atoms with Crippen molar-refractivity contribution >= 4 is 47.2 Å². The van der Waals surface area contributed by atoms with Crippen LogP contribution in [0, 0.1) is 0 Å². The molecule has 2 heterocycles. The van der Waals surface area contributed by atoms with Crippen molar-refractivity contribution in [3.05, 3.63) is 47.7 Å². The molecule has 1 saturated heterocycles. The van der Waals surface area contributed by atoms with Crippen molar-refractivity contribution in [1.29, 1.82) is 0 Å². The van der Waals surface area contributed by atoms with Crippen molar-refractivity contribution in [3.8, 4) is 11.5 Å². The minimum atomic E-state index is 0. The first-order valence-electron chi connectivity index (χ1n) is 9.85. The van der Waals surface area contributed by atoms with E-state index in [-0.39, 0.29) is 30.0 Å². The molecule has 0 bridgehead atoms. The molecular formula is C21H29ClIN5O2. The van der Waals surface area contributed by atoms with E-state index in [9.17, 15) is 0 Å². The Morgan fingerprint density at radius 1 is 1.37 bits per heavy atom. The van der Waals surface area contributed by atoms with Gasteiger partial charge in [-0.2, -0.15) is 0 Å². The second kappa shape index (κ2) is 12.7. The van der Waals surface area contributed by atoms with E-state index in [2.05, 4.69) is 32.4 Å². The normalized spacial score (nSPS) is 16.0. The summed E-state index contributed by atoms with van der Waals surface area (Å²) in [6.45, 7) is 5.70. The molecule has 0 saturated carbocycles. The Morgan fingerprint density at radius 2 is 2.23 bits per heavy atom. The van der Waals surface area contributed by atoms with E-state index >= 15 is 0 Å². The van der Waals surface area contributed by atoms with Gasteiger partial charge < -0.3 is 25.0 Å². The molecule has 1 aromatic carbocycles. The van der Waals surface area contributed by atoms with Crippen LogP contribution in [0.25, 0.3) is 0 Å². The van der Waals surface area contributed by atoms with Gasteiger partial charge in [0.25, 0.3) is 0 Å². The van der Waals surface area contributed by atoms with Crippen LogP contribution in [0.15, 0.2) is 47.7 Å². The molecule has 2 aromatic rings. The molecule has 0 spiro atoms. The molecule has 1 aliphatic heterocycles. The molecule has 2 N–H and O–H groups in total. The van der Waals surface area contributed by atoms with Crippen molar-refractivity contribution in [2.24, 2.45) is 4.99 Å². The smallest absolute Gasteiger partial charge is 0.191 e. The fourth-order valence-corrected chi connectivity index (χ4v) is 3.44. The van der Waals surface area contributed by atoms with Crippen molar-refractivity contribution in [2.45, 2.75) is 19.4 Å². The number of hydrogen-bond donors (Lipinski definition) is 2. The molecule has 1 aliphatic rings. The number of nitrogens with zero attached hydrogens (tertiary/aromatic N) is 3. The van der Waals surface area contributed by atoms with Gasteiger partial charge >= 0.3 is 0 Å². The predicted molar refractivity (Wildman–Crippen MR) is 133 cm³/mol. The molecule has 1 unspecified atom stereocenters. The van der Waals surface area contributed by atoms with Crippen LogP contribution in [-0.2, 0) is 0 Å². The molecule has 164 valence electrons. The zero-order chi connectivity index (χ0) is 20.5. The summed E-state index contributed by atoms with van der Waals surface area (Å²) >= 11 is 6.19. The lowest BCUT2D eigenvalue weighted by atomic mass is 10.2. The number of nitrogens with one attached hydrogen (secondary N) is 2. The highest BCUT2D eigenvalue weighted by atomic mass is 127. The highest BCUT2D eigenvalue weighted by Crippen LogP contribution is 2.33. The summed E-state index contributed by atoms with van der Waals surface area (Å²) in [7, 11) is 1.68. The zero-order valence-corrected chi connectivity index (χ0v) is 20.4. The summed E-state index contributed by atoms with van der Waals surface area (Å²) in [4.78, 5) is 11.0. The van der Waals surface area contributed by atoms with Gasteiger partial charge in [-0.05, 0) is 43.7 Å². The molecule has 1 fully saturated rings. The summed E-state index contributed by atoms with van der Waals surface area (Å²) in [6.07, 6.45) is 4.43. The third-order valence-corrected chi connectivity index (χ3v) is 4.85. The summed E-state index contributed by atoms with van der Waals surface area (Å²) in [5, 5.41) is 7.53. The van der Waals surface area contributed by atoms with E-state index in [1.165, 1.54) is 0 Å². The Kier molecular flexibility index (Phi) is 10.3. The van der Waals surface area contributed by atoms with E-state index in [1.807, 2.05) is 30.3 Å². The van der Waals surface area contributed by atoms with Gasteiger partial charge in [0, 0.05) is 36.9 Å². The fourth-order valence-electron chi connectivity index (χ4n) is 3.27. The van der Waals surface area contributed by atoms with Gasteiger partial charge in [0.05, 0.1) is 25.5 Å². The van der Waals surface area contributed by atoms with Crippen LogP contribution < -0.4 is 25.0 Å². The second-order valence-electron chi connectivity index (χ2n) is 6.69. The van der Waals surface area contributed by atoms with E-state index in [0.29, 0.717) is 18.2 Å². The first-order valence-corrected chi connectivity index (χ1v) is 10.2. The Morgan fingerprint density at radius 3 is 2.97 bits per heavy atom. The van der Waals surface area contributed by atoms with Crippen LogP contribution in [0.2, 0.25) is 5.02 Å². The lowest BCUT2D eigenvalue weighted by molar-refractivity contribution is 0.327. The molecule has 7 nitrogen and oxygen atoms in total. The number of aliphatic imine (C=N–C) groups is 1. The average Bonchev–Trinajstić information content (AvgIpc) is 3.20. The molecule has 30 heavy (non-hydrogen) atoms. The Bertz CT molecular complexity index is 809. The minimum Gasteiger partial charge on any atom is -0.495 e. The molecule has 9 heteroatoms. The summed E-state index contributed by atoms with van der Waals surface area (Å²) in [5.41, 5.74) is 1.02. The highest BCUT2D eigenvalue weighted by Gasteiger charge is 2.25. The monoisotopic (exact) mass is 545 g/mol. The number of rotatable bonds is 8. The number of benzene rings is 1. The van der Waals surface area contributed by atoms with Gasteiger partial charge in [-0.25, -0.2) is 4.99 Å². The molecule has 1 aromatic heterocycles. The molecule has 0 radical (unpaired) electrons. The zero-order valence-electron chi connectivity index (χ0n) is 17.3. The maximum atomic E-state index is 6.19. The number of ether oxygens (including phenoxy) is 2. The first kappa shape index (κ1) is 24.3. The number of halogens is 2. The van der Waals surface area contributed by atoms with Crippen molar-refractivity contribution < 1.29 is 9.47 Å². The number of anilines is 1. The van der Waals surface area contributed by atoms with Crippen LogP contribution in [0.1, 0.15) is 13.3 Å². The van der Waals surface area contributed by atoms with Crippen LogP contribution in [0.4, 0.5) is 5.69 Å². The summed E-state index contributed by atoms with van der Waals surface area (Å²) < 4.78 is 11.2. The van der Waals surface area contributed by atoms with Gasteiger partial charge in [0.2, 0.25) is 0 Å². The molecule has 3 rings (SSSR count). The fraction of sp³-hybridized carbons (Fsp3) is 0.429. The van der Waals surface area contributed by atoms with Crippen LogP contribution in [0.5, 0.6) is 11.5 Å². The number of methoxy groups -OCH3 is 1. The summed E-state index contributed by atoms with van der Waals surface area (Å²) in [5.74, 6) is 2.39. The highest BCUT2D eigenvalue weighted by molar-refractivity contribution is 14.0. The van der Waals surface area contributed by atoms with Gasteiger partial charge in [-0.15, -0.1) is 24.0 Å². The lowest BCUT2D eigenvalue weighted by Crippen LogP contribution is -2.44. The van der Waals surface area contributed by atoms with E-state index in [1.54, 1.807) is 19.5 Å². The van der Waals surface area contributed by atoms with Crippen molar-refractivity contribution in [1.82, 2.24) is 15.6 Å². The van der Waals surface area contributed by atoms with E-state index in [4.69, 9.17) is 21.1 Å². The topological polar surface area (TPSA) is 71.0 Å². The third-order valence-electron chi connectivity index (χ3n) is 4.62. The number of aromatic nitrogens is 1. The second-order valence-corrected chi connectivity index (χ2v) is 7.13. The Labute approximate surface area is 200 Å². The quantitative estimate of drug-likeness (QED) is 0.229. The van der Waals surface area contributed by atoms with E-state index < -0.39 is 0 Å². The lowest BCUT2D eigenvalue weighted by Gasteiger charge is -2.22. The number of hydrogen-bond acceptors (Lipinski definition) is 5. The average molecular weight is 546 g/mol. The van der Waals surface area contributed by atoms with Crippen molar-refractivity contribution in [3.63, 3.8) is 0 Å². The van der Waals surface area contributed by atoms with Gasteiger partial charge in [0.1, 0.15) is 18.1 Å². The van der Waals surface area contributed by atoms with Gasteiger partial charge in [0.15, 0.2) is 5.96 Å². The largest absolute Gasteiger partial charge is 0.495 e. The van der Waals surface area contributed by atoms with Crippen LogP contribution >= 0.6 is 35.6 Å². The predicted octanol–water partition coefficient (Wildman–Crippen LogP) is 3.57. The number of pyridine rings is 1. The van der Waals surface area contributed by atoms with Gasteiger partial charge in [-0.3, -0.25) is 4.98 Å². The molecule has 0 aliphatic carbocycles. The number of guanidine groups is 1. The van der Waals surface area contributed by atoms with Crippen LogP contribution in [0.3, 0.4) is 0 Å². The SMILES string of the molecule is CCNC(=NCCOc1cccnc1)NC1CCN(c2cc(Cl)ccc2OC)C1.I. The van der Waals surface area contributed by atoms with E-state index in [0.717, 1.165) is 49.2 Å². The molecular weight excluding hydrogens is 517 g/mol. The maximum Gasteiger partial charge on any atom is 0.191 e. The van der Waals surface area contributed by atoms with Crippen LogP contribution in [-0.4, -0.2) is 56.9 Å². The Balaban J connectivity index is 0.00000320.